The fourth-order valence-corrected chi connectivity index (χ4v) is 10.6. The third-order valence-electron chi connectivity index (χ3n) is 13.6. The molecule has 0 saturated carbocycles. The van der Waals surface area contributed by atoms with Gasteiger partial charge in [0, 0.05) is 6.07 Å². The van der Waals surface area contributed by atoms with Crippen LogP contribution in [0.2, 0.25) is 0 Å². The molecular weight excluding hydrogens is 1310 g/mol. The molecular formula is C55H40N26O12S3. The maximum Gasteiger partial charge on any atom is 0.335 e. The number of rotatable bonds is 21. The highest BCUT2D eigenvalue weighted by molar-refractivity contribution is 7.99. The van der Waals surface area contributed by atoms with Crippen molar-refractivity contribution in [3.8, 4) is 46.8 Å². The van der Waals surface area contributed by atoms with Gasteiger partial charge in [-0.15, -0.1) is 66.0 Å². The molecule has 0 aliphatic heterocycles. The van der Waals surface area contributed by atoms with E-state index < -0.39 is 69.2 Å². The first kappa shape index (κ1) is 65.5. The molecule has 0 amide bonds. The van der Waals surface area contributed by atoms with Crippen LogP contribution in [0.4, 0.5) is 57.7 Å². The first-order valence-corrected chi connectivity index (χ1v) is 30.2. The van der Waals surface area contributed by atoms with Gasteiger partial charge in [0.1, 0.15) is 38.3 Å². The van der Waals surface area contributed by atoms with Gasteiger partial charge in [0.25, 0.3) is 11.6 Å². The van der Waals surface area contributed by atoms with Gasteiger partial charge >= 0.3 is 35.8 Å². The molecule has 0 aliphatic rings. The number of aromatic carboxylic acids is 6. The standard InChI is InChI=1S/C55H40N26O12S3/c1-20-36(64-67-43-32(18-56)46(94-5)73-76(43)29-11-23(49(82)83)8-24(12-29)50(84)85)40(58)79(70-20)34-17-35(80-41(59)37(21(2)71-80)66-69-45-39(61-4)48(96-7)75-78(45)31-15-27(53(90)91)10-28(16-31)54(92)93)63-55(62-34)81-42(60)38(22(3)72-81)65-68-44-33(19-57)47(95-6)74-77(44)30-13-25(51(86)87)9-26(14-30)52(88)89/h8-17H,58-60H2,1-3,5-7H3,(H,82,83)(H,84,85)(H,86,87)(H,88,89)(H,90,91)(H,92,93)/b67-64+,68-65?,69-66+. The summed E-state index contributed by atoms with van der Waals surface area (Å²) < 4.78 is 6.28. The summed E-state index contributed by atoms with van der Waals surface area (Å²) in [5, 5.41) is 133. The fraction of sp³-hybridized carbons (Fsp3) is 0.109. The van der Waals surface area contributed by atoms with Crippen LogP contribution in [0.25, 0.3) is 39.5 Å². The number of anilines is 3. The lowest BCUT2D eigenvalue weighted by molar-refractivity contribution is 0.0676. The number of nitrogens with two attached hydrogens (primary N) is 3. The smallest absolute Gasteiger partial charge is 0.335 e. The molecule has 12 N–H and O–H groups in total. The molecule has 0 bridgehead atoms. The van der Waals surface area contributed by atoms with Gasteiger partial charge in [-0.3, -0.25) is 0 Å². The second kappa shape index (κ2) is 26.0. The number of carbonyl (C=O) groups is 6. The second-order valence-corrected chi connectivity index (χ2v) is 21.9. The van der Waals surface area contributed by atoms with Crippen molar-refractivity contribution in [3.05, 3.63) is 134 Å². The number of thioether (sulfide) groups is 3. The lowest BCUT2D eigenvalue weighted by Gasteiger charge is -2.11. The molecule has 0 aliphatic carbocycles. The zero-order chi connectivity index (χ0) is 69.5. The van der Waals surface area contributed by atoms with Crippen molar-refractivity contribution < 1.29 is 59.4 Å². The quantitative estimate of drug-likeness (QED) is 0.0184. The molecule has 41 heteroatoms. The number of carboxylic acids is 6. The number of aromatic nitrogens is 14. The monoisotopic (exact) mass is 1350 g/mol. The summed E-state index contributed by atoms with van der Waals surface area (Å²) in [7, 11) is 0. The Kier molecular flexibility index (Phi) is 17.8. The minimum atomic E-state index is -1.47. The van der Waals surface area contributed by atoms with Crippen LogP contribution in [0, 0.1) is 50.0 Å². The Balaban J connectivity index is 1.14. The summed E-state index contributed by atoms with van der Waals surface area (Å²) >= 11 is 3.08. The molecule has 0 unspecified atom stereocenters. The molecule has 0 spiro atoms. The van der Waals surface area contributed by atoms with Crippen molar-refractivity contribution >= 4 is 129 Å². The van der Waals surface area contributed by atoms with Gasteiger partial charge in [0.15, 0.2) is 63.6 Å². The van der Waals surface area contributed by atoms with Crippen molar-refractivity contribution in [1.82, 2.24) is 68.7 Å². The van der Waals surface area contributed by atoms with Gasteiger partial charge in [-0.05, 0) is 94.1 Å². The third kappa shape index (κ3) is 12.1. The zero-order valence-electron chi connectivity index (χ0n) is 49.6. The molecule has 38 nitrogen and oxygen atoms in total. The summed E-state index contributed by atoms with van der Waals surface area (Å²) in [4.78, 5) is 85.9. The fourth-order valence-electron chi connectivity index (χ4n) is 9.13. The van der Waals surface area contributed by atoms with Gasteiger partial charge in [-0.2, -0.15) is 65.1 Å². The lowest BCUT2D eigenvalue weighted by Crippen LogP contribution is -2.15. The first-order valence-electron chi connectivity index (χ1n) is 26.5. The van der Waals surface area contributed by atoms with E-state index in [1.807, 2.05) is 12.1 Å². The SMILES string of the molecule is [C-]#[N+]c1c(SC)nn(-c2cc(C(=O)O)cc(C(=O)O)c2)c1/N=N/c1c(C)nn(-c2cc(-n3nc(C)c(/N=N/c4c(C#N)c(SC)nn4-c4cc(C(=O)O)cc(C(=O)O)c4)c3N)nc(-n3nc(C)c(N=Nc4c(C#N)c(SC)nn4-c4cc(C(=O)O)cc(C(=O)O)c4)c3N)n2)c1N. The minimum absolute atomic E-state index is 0.0581. The summed E-state index contributed by atoms with van der Waals surface area (Å²) in [6, 6.07) is 14.8. The Morgan fingerprint density at radius 2 is 0.729 bits per heavy atom. The highest BCUT2D eigenvalue weighted by atomic mass is 32.2. The Morgan fingerprint density at radius 3 is 1.03 bits per heavy atom. The summed E-state index contributed by atoms with van der Waals surface area (Å²) in [5.41, 5.74) is 17.0. The second-order valence-electron chi connectivity index (χ2n) is 19.5. The molecule has 0 atom stereocenters. The van der Waals surface area contributed by atoms with Crippen LogP contribution >= 0.6 is 35.3 Å². The molecule has 96 heavy (non-hydrogen) atoms. The summed E-state index contributed by atoms with van der Waals surface area (Å²) in [6.07, 6.45) is 4.80. The topological polar surface area (TPSA) is 561 Å². The number of carboxylic acid groups (broad SMARTS) is 6. The molecule has 0 saturated heterocycles. The number of aryl methyl sites for hydroxylation is 3. The number of hydrogen-bond donors (Lipinski definition) is 9. The number of benzene rings is 3. The number of nitrogen functional groups attached to an aromatic ring is 3. The Morgan fingerprint density at radius 1 is 0.438 bits per heavy atom. The maximum absolute atomic E-state index is 12.1. The van der Waals surface area contributed by atoms with Crippen molar-refractivity contribution in [1.29, 1.82) is 10.5 Å². The van der Waals surface area contributed by atoms with Crippen LogP contribution in [0.1, 0.15) is 90.4 Å². The normalized spacial score (nSPS) is 11.4. The van der Waals surface area contributed by atoms with Crippen molar-refractivity contribution in [3.63, 3.8) is 0 Å². The molecule has 480 valence electrons. The largest absolute Gasteiger partial charge is 0.478 e. The molecule has 10 aromatic rings. The Labute approximate surface area is 547 Å². The van der Waals surface area contributed by atoms with Crippen LogP contribution in [-0.4, -0.2) is 154 Å². The van der Waals surface area contributed by atoms with Crippen molar-refractivity contribution in [2.45, 2.75) is 35.8 Å². The van der Waals surface area contributed by atoms with E-state index in [2.05, 4.69) is 66.1 Å². The zero-order valence-corrected chi connectivity index (χ0v) is 52.1. The van der Waals surface area contributed by atoms with Gasteiger partial charge in [-0.25, -0.2) is 47.7 Å². The minimum Gasteiger partial charge on any atom is -0.478 e. The predicted octanol–water partition coefficient (Wildman–Crippen LogP) is 9.16. The molecule has 7 heterocycles. The summed E-state index contributed by atoms with van der Waals surface area (Å²) in [5.74, 6) is -11.2. The predicted molar refractivity (Wildman–Crippen MR) is 337 cm³/mol. The van der Waals surface area contributed by atoms with Crippen LogP contribution in [0.5, 0.6) is 0 Å². The summed E-state index contributed by atoms with van der Waals surface area (Å²) in [6.45, 7) is 12.5. The molecule has 0 fully saturated rings. The van der Waals surface area contributed by atoms with Crippen LogP contribution < -0.4 is 17.2 Å². The van der Waals surface area contributed by atoms with E-state index in [4.69, 9.17) is 33.7 Å². The number of azo groups is 3. The van der Waals surface area contributed by atoms with Crippen molar-refractivity contribution in [2.24, 2.45) is 30.7 Å². The van der Waals surface area contributed by atoms with Crippen molar-refractivity contribution in [2.75, 3.05) is 36.0 Å². The lowest BCUT2D eigenvalue weighted by atomic mass is 10.1. The van der Waals surface area contributed by atoms with E-state index in [0.29, 0.717) is 0 Å². The van der Waals surface area contributed by atoms with E-state index in [0.717, 1.165) is 118 Å². The highest BCUT2D eigenvalue weighted by Gasteiger charge is 2.29. The average Bonchev–Trinajstić information content (AvgIpc) is 1.61. The van der Waals surface area contributed by atoms with Gasteiger partial charge < -0.3 is 47.8 Å². The van der Waals surface area contributed by atoms with Gasteiger partial charge in [-0.1, -0.05) is 0 Å². The number of nitrogens with zero attached hydrogens (tertiary/aromatic N) is 23. The van der Waals surface area contributed by atoms with E-state index >= 15 is 0 Å². The molecule has 7 aromatic heterocycles. The maximum atomic E-state index is 12.1. The first-order chi connectivity index (χ1) is 45.7. The Hall–Kier alpha value is -13.5. The number of nitriles is 2. The van der Waals surface area contributed by atoms with Crippen LogP contribution in [-0.2, 0) is 0 Å². The van der Waals surface area contributed by atoms with E-state index in [9.17, 15) is 69.9 Å². The molecule has 0 radical (unpaired) electrons. The van der Waals surface area contributed by atoms with Gasteiger partial charge in [0.2, 0.25) is 0 Å². The highest BCUT2D eigenvalue weighted by Crippen LogP contribution is 2.43. The Bertz CT molecular complexity index is 4650. The number of hydrogen-bond acceptors (Lipinski definition) is 28. The molecule has 10 rings (SSSR count). The van der Waals surface area contributed by atoms with E-state index in [1.165, 1.54) is 26.8 Å². The van der Waals surface area contributed by atoms with Crippen LogP contribution in [0.3, 0.4) is 0 Å². The third-order valence-corrected chi connectivity index (χ3v) is 15.6. The average molecular weight is 1350 g/mol. The van der Waals surface area contributed by atoms with E-state index in [1.54, 1.807) is 18.8 Å². The van der Waals surface area contributed by atoms with Crippen LogP contribution in [0.15, 0.2) is 106 Å². The molecule has 3 aromatic carbocycles. The van der Waals surface area contributed by atoms with E-state index in [-0.39, 0.29) is 136 Å². The van der Waals surface area contributed by atoms with Gasteiger partial charge in [0.05, 0.1) is 74.1 Å².